The van der Waals surface area contributed by atoms with E-state index >= 15 is 0 Å². The highest BCUT2D eigenvalue weighted by molar-refractivity contribution is 6.32. The number of halogens is 2. The number of ether oxygens (including phenoxy) is 1. The van der Waals surface area contributed by atoms with E-state index in [0.717, 1.165) is 25.3 Å². The molecule has 0 heterocycles. The maximum atomic E-state index is 5.99. The first-order chi connectivity index (χ1) is 6.77. The fraction of sp³-hybridized carbons (Fsp3) is 0.455. The topological polar surface area (TPSA) is 21.3 Å². The molecule has 0 saturated heterocycles. The van der Waals surface area contributed by atoms with Crippen LogP contribution in [0.15, 0.2) is 18.2 Å². The van der Waals surface area contributed by atoms with Crippen LogP contribution in [-0.2, 0) is 6.54 Å². The summed E-state index contributed by atoms with van der Waals surface area (Å²) < 4.78 is 5.07. The Kier molecular flexibility index (Phi) is 7.57. The van der Waals surface area contributed by atoms with Crippen LogP contribution in [-0.4, -0.2) is 13.7 Å². The van der Waals surface area contributed by atoms with Gasteiger partial charge in [0.25, 0.3) is 0 Å². The van der Waals surface area contributed by atoms with E-state index in [4.69, 9.17) is 16.3 Å². The van der Waals surface area contributed by atoms with Crippen LogP contribution in [0.25, 0.3) is 0 Å². The monoisotopic (exact) mass is 249 g/mol. The Labute approximate surface area is 102 Å². The quantitative estimate of drug-likeness (QED) is 0.810. The van der Waals surface area contributed by atoms with E-state index < -0.39 is 0 Å². The van der Waals surface area contributed by atoms with Crippen LogP contribution in [0.4, 0.5) is 0 Å². The molecule has 0 amide bonds. The number of methoxy groups -OCH3 is 1. The summed E-state index contributed by atoms with van der Waals surface area (Å²) in [5.41, 5.74) is 1.18. The van der Waals surface area contributed by atoms with Gasteiger partial charge in [0.1, 0.15) is 5.75 Å². The van der Waals surface area contributed by atoms with Gasteiger partial charge in [0, 0.05) is 6.54 Å². The van der Waals surface area contributed by atoms with Gasteiger partial charge in [0.15, 0.2) is 0 Å². The van der Waals surface area contributed by atoms with E-state index in [1.54, 1.807) is 7.11 Å². The second-order valence-corrected chi connectivity index (χ2v) is 3.55. The minimum absolute atomic E-state index is 0. The molecule has 0 atom stereocenters. The van der Waals surface area contributed by atoms with Crippen molar-refractivity contribution in [3.05, 3.63) is 28.8 Å². The van der Waals surface area contributed by atoms with Gasteiger partial charge < -0.3 is 10.1 Å². The Morgan fingerprint density at radius 3 is 2.67 bits per heavy atom. The van der Waals surface area contributed by atoms with Crippen molar-refractivity contribution in [3.8, 4) is 5.75 Å². The average molecular weight is 250 g/mol. The van der Waals surface area contributed by atoms with Gasteiger partial charge in [-0.25, -0.2) is 0 Å². The van der Waals surface area contributed by atoms with Gasteiger partial charge in [0.05, 0.1) is 12.1 Å². The molecule has 1 rings (SSSR count). The molecule has 0 saturated carbocycles. The van der Waals surface area contributed by atoms with E-state index in [9.17, 15) is 0 Å². The maximum absolute atomic E-state index is 5.99. The number of hydrogen-bond donors (Lipinski definition) is 1. The molecule has 0 aromatic heterocycles. The summed E-state index contributed by atoms with van der Waals surface area (Å²) in [5.74, 6) is 0.728. The van der Waals surface area contributed by atoms with E-state index in [2.05, 4.69) is 12.2 Å². The van der Waals surface area contributed by atoms with Crippen molar-refractivity contribution in [1.82, 2.24) is 5.32 Å². The second kappa shape index (κ2) is 7.80. The predicted octanol–water partition coefficient (Wildman–Crippen LogP) is 3.27. The lowest BCUT2D eigenvalue weighted by Gasteiger charge is -2.06. The zero-order valence-electron chi connectivity index (χ0n) is 9.05. The van der Waals surface area contributed by atoms with Gasteiger partial charge >= 0.3 is 0 Å². The summed E-state index contributed by atoms with van der Waals surface area (Å²) in [5, 5.41) is 3.99. The third-order valence-corrected chi connectivity index (χ3v) is 2.27. The minimum Gasteiger partial charge on any atom is -0.495 e. The van der Waals surface area contributed by atoms with Crippen molar-refractivity contribution in [1.29, 1.82) is 0 Å². The third-order valence-electron chi connectivity index (χ3n) is 1.97. The van der Waals surface area contributed by atoms with Crippen LogP contribution in [0.2, 0.25) is 5.02 Å². The number of benzene rings is 1. The lowest BCUT2D eigenvalue weighted by molar-refractivity contribution is 0.415. The summed E-state index contributed by atoms with van der Waals surface area (Å²) in [4.78, 5) is 0. The molecule has 0 spiro atoms. The highest BCUT2D eigenvalue weighted by Gasteiger charge is 2.00. The maximum Gasteiger partial charge on any atom is 0.137 e. The summed E-state index contributed by atoms with van der Waals surface area (Å²) in [7, 11) is 1.62. The van der Waals surface area contributed by atoms with Crippen molar-refractivity contribution in [2.75, 3.05) is 13.7 Å². The summed E-state index contributed by atoms with van der Waals surface area (Å²) in [6.45, 7) is 4.04. The molecule has 1 aromatic carbocycles. The summed E-state index contributed by atoms with van der Waals surface area (Å²) >= 11 is 5.99. The molecule has 4 heteroatoms. The van der Waals surface area contributed by atoms with Gasteiger partial charge in [-0.3, -0.25) is 0 Å². The summed E-state index contributed by atoms with van der Waals surface area (Å²) in [6.07, 6.45) is 1.14. The SMILES string of the molecule is CCCNCc1ccc(OC)c(Cl)c1.Cl. The molecule has 1 N–H and O–H groups in total. The van der Waals surface area contributed by atoms with Crippen molar-refractivity contribution >= 4 is 24.0 Å². The van der Waals surface area contributed by atoms with E-state index in [0.29, 0.717) is 5.02 Å². The smallest absolute Gasteiger partial charge is 0.137 e. The van der Waals surface area contributed by atoms with Crippen LogP contribution in [0, 0.1) is 0 Å². The minimum atomic E-state index is 0. The molecule has 0 radical (unpaired) electrons. The largest absolute Gasteiger partial charge is 0.495 e. The zero-order valence-corrected chi connectivity index (χ0v) is 10.6. The van der Waals surface area contributed by atoms with Crippen LogP contribution < -0.4 is 10.1 Å². The van der Waals surface area contributed by atoms with Crippen LogP contribution >= 0.6 is 24.0 Å². The van der Waals surface area contributed by atoms with Crippen molar-refractivity contribution in [2.24, 2.45) is 0 Å². The normalized spacial score (nSPS) is 9.53. The van der Waals surface area contributed by atoms with E-state index in [-0.39, 0.29) is 12.4 Å². The van der Waals surface area contributed by atoms with Crippen LogP contribution in [0.3, 0.4) is 0 Å². The highest BCUT2D eigenvalue weighted by Crippen LogP contribution is 2.24. The molecule has 0 fully saturated rings. The molecule has 1 aromatic rings. The number of nitrogens with one attached hydrogen (secondary N) is 1. The standard InChI is InChI=1S/C11H16ClNO.ClH/c1-3-6-13-8-9-4-5-11(14-2)10(12)7-9;/h4-5,7,13H,3,6,8H2,1-2H3;1H. The Morgan fingerprint density at radius 2 is 2.13 bits per heavy atom. The molecular formula is C11H17Cl2NO. The van der Waals surface area contributed by atoms with Crippen molar-refractivity contribution in [3.63, 3.8) is 0 Å². The van der Waals surface area contributed by atoms with Gasteiger partial charge in [-0.15, -0.1) is 12.4 Å². The first-order valence-electron chi connectivity index (χ1n) is 4.81. The molecule has 0 aliphatic rings. The molecular weight excluding hydrogens is 233 g/mol. The Bertz CT molecular complexity index is 292. The second-order valence-electron chi connectivity index (χ2n) is 3.15. The zero-order chi connectivity index (χ0) is 10.4. The molecule has 0 bridgehead atoms. The molecule has 2 nitrogen and oxygen atoms in total. The molecule has 0 aliphatic carbocycles. The molecule has 15 heavy (non-hydrogen) atoms. The first kappa shape index (κ1) is 14.6. The van der Waals surface area contributed by atoms with Crippen molar-refractivity contribution in [2.45, 2.75) is 19.9 Å². The lowest BCUT2D eigenvalue weighted by atomic mass is 10.2. The predicted molar refractivity (Wildman–Crippen MR) is 67.2 cm³/mol. The average Bonchev–Trinajstić information content (AvgIpc) is 2.18. The number of rotatable bonds is 5. The lowest BCUT2D eigenvalue weighted by Crippen LogP contribution is -2.13. The fourth-order valence-electron chi connectivity index (χ4n) is 1.23. The van der Waals surface area contributed by atoms with Crippen LogP contribution in [0.1, 0.15) is 18.9 Å². The Morgan fingerprint density at radius 1 is 1.40 bits per heavy atom. The number of hydrogen-bond acceptors (Lipinski definition) is 2. The van der Waals surface area contributed by atoms with Gasteiger partial charge in [0.2, 0.25) is 0 Å². The van der Waals surface area contributed by atoms with Crippen molar-refractivity contribution < 1.29 is 4.74 Å². The molecule has 86 valence electrons. The third kappa shape index (κ3) is 4.74. The fourth-order valence-corrected chi connectivity index (χ4v) is 1.51. The van der Waals surface area contributed by atoms with E-state index in [1.165, 1.54) is 5.56 Å². The summed E-state index contributed by atoms with van der Waals surface area (Å²) in [6, 6.07) is 5.85. The Balaban J connectivity index is 0.00000196. The van der Waals surface area contributed by atoms with Gasteiger partial charge in [-0.05, 0) is 30.7 Å². The van der Waals surface area contributed by atoms with Gasteiger partial charge in [-0.1, -0.05) is 24.6 Å². The Hall–Kier alpha value is -0.440. The highest BCUT2D eigenvalue weighted by atomic mass is 35.5. The molecule has 0 aliphatic heterocycles. The van der Waals surface area contributed by atoms with Gasteiger partial charge in [-0.2, -0.15) is 0 Å². The van der Waals surface area contributed by atoms with Crippen LogP contribution in [0.5, 0.6) is 5.75 Å². The molecule has 0 unspecified atom stereocenters. The first-order valence-corrected chi connectivity index (χ1v) is 5.19. The van der Waals surface area contributed by atoms with E-state index in [1.807, 2.05) is 18.2 Å².